The molecule has 0 aliphatic carbocycles. The largest absolute Gasteiger partial charge is 0.493 e. The number of carbonyl (C=O) groups is 1. The Kier molecular flexibility index (Phi) is 11.2. The molecule has 0 saturated carbocycles. The molecule has 4 rings (SSSR count). The Morgan fingerprint density at radius 3 is 2.33 bits per heavy atom. The van der Waals surface area contributed by atoms with Gasteiger partial charge in [-0.2, -0.15) is 0 Å². The van der Waals surface area contributed by atoms with E-state index in [0.717, 1.165) is 47.5 Å². The summed E-state index contributed by atoms with van der Waals surface area (Å²) in [5.41, 5.74) is 5.03. The fraction of sp³-hybridized carbons (Fsp3) is 0.421. The zero-order valence-electron chi connectivity index (χ0n) is 27.6. The van der Waals surface area contributed by atoms with E-state index in [1.54, 1.807) is 6.08 Å². The van der Waals surface area contributed by atoms with Crippen LogP contribution in [0.25, 0.3) is 17.2 Å². The molecule has 1 saturated heterocycles. The number of anilines is 1. The quantitative estimate of drug-likeness (QED) is 0.153. The minimum Gasteiger partial charge on any atom is -0.493 e. The topological polar surface area (TPSA) is 81.1 Å². The lowest BCUT2D eigenvalue weighted by atomic mass is 9.89. The second kappa shape index (κ2) is 14.9. The van der Waals surface area contributed by atoms with Gasteiger partial charge in [-0.1, -0.05) is 60.7 Å². The number of aryl methyl sites for hydroxylation is 2. The van der Waals surface area contributed by atoms with Crippen LogP contribution in [0.4, 0.5) is 5.69 Å². The van der Waals surface area contributed by atoms with E-state index in [2.05, 4.69) is 42.7 Å². The molecule has 0 amide bonds. The van der Waals surface area contributed by atoms with E-state index >= 15 is 0 Å². The fourth-order valence-electron chi connectivity index (χ4n) is 5.77. The number of piperidine rings is 1. The highest BCUT2D eigenvalue weighted by molar-refractivity contribution is 5.88. The molecule has 0 radical (unpaired) electrons. The van der Waals surface area contributed by atoms with Crippen molar-refractivity contribution in [2.24, 2.45) is 0 Å². The Bertz CT molecular complexity index is 1470. The minimum absolute atomic E-state index is 0.272. The molecule has 7 heteroatoms. The van der Waals surface area contributed by atoms with Gasteiger partial charge < -0.3 is 24.2 Å². The number of hydrogen-bond acceptors (Lipinski definition) is 6. The van der Waals surface area contributed by atoms with E-state index in [1.165, 1.54) is 5.56 Å². The van der Waals surface area contributed by atoms with Crippen LogP contribution in [0.1, 0.15) is 75.6 Å². The van der Waals surface area contributed by atoms with Crippen molar-refractivity contribution in [2.45, 2.75) is 78.1 Å². The summed E-state index contributed by atoms with van der Waals surface area (Å²) in [4.78, 5) is 19.9. The summed E-state index contributed by atoms with van der Waals surface area (Å²) >= 11 is 0. The maximum atomic E-state index is 12.8. The fourth-order valence-corrected chi connectivity index (χ4v) is 5.77. The van der Waals surface area contributed by atoms with Gasteiger partial charge in [-0.25, -0.2) is 4.79 Å². The highest BCUT2D eigenvalue weighted by Crippen LogP contribution is 2.44. The van der Waals surface area contributed by atoms with Crippen molar-refractivity contribution < 1.29 is 24.1 Å². The number of rotatable bonds is 13. The summed E-state index contributed by atoms with van der Waals surface area (Å²) in [5.74, 6) is -0.258. The first-order valence-corrected chi connectivity index (χ1v) is 15.8. The van der Waals surface area contributed by atoms with E-state index < -0.39 is 17.7 Å². The van der Waals surface area contributed by atoms with Crippen LogP contribution < -0.4 is 9.64 Å². The molecule has 1 unspecified atom stereocenters. The molecule has 1 aliphatic rings. The maximum Gasteiger partial charge on any atom is 0.337 e. The van der Waals surface area contributed by atoms with E-state index in [9.17, 15) is 9.90 Å². The molecule has 2 heterocycles. The molecule has 1 fully saturated rings. The Labute approximate surface area is 268 Å². The number of nitrogens with zero attached hydrogens (tertiary/aromatic N) is 2. The number of carboxylic acid groups (broad SMARTS) is 1. The van der Waals surface area contributed by atoms with Crippen molar-refractivity contribution in [1.29, 1.82) is 0 Å². The van der Waals surface area contributed by atoms with Gasteiger partial charge in [0.1, 0.15) is 5.75 Å². The van der Waals surface area contributed by atoms with E-state index in [1.807, 2.05) is 77.1 Å². The van der Waals surface area contributed by atoms with E-state index in [-0.39, 0.29) is 5.60 Å². The lowest BCUT2D eigenvalue weighted by Crippen LogP contribution is -2.45. The number of benzene rings is 2. The predicted molar refractivity (Wildman–Crippen MR) is 182 cm³/mol. The number of pyridine rings is 1. The number of carboxylic acids is 1. The Morgan fingerprint density at radius 2 is 1.73 bits per heavy atom. The molecule has 3 aromatic rings. The number of aromatic nitrogens is 1. The third-order valence-electron chi connectivity index (χ3n) is 8.03. The highest BCUT2D eigenvalue weighted by atomic mass is 16.5. The molecule has 1 N–H and O–H groups in total. The van der Waals surface area contributed by atoms with Gasteiger partial charge in [0.2, 0.25) is 0 Å². The molecule has 1 aromatic heterocycles. The van der Waals surface area contributed by atoms with Gasteiger partial charge in [-0.15, -0.1) is 6.58 Å². The van der Waals surface area contributed by atoms with Crippen LogP contribution in [0.5, 0.6) is 5.75 Å². The number of ether oxygens (including phenoxy) is 3. The van der Waals surface area contributed by atoms with E-state index in [0.29, 0.717) is 37.6 Å². The van der Waals surface area contributed by atoms with Gasteiger partial charge in [0, 0.05) is 35.6 Å². The van der Waals surface area contributed by atoms with Crippen molar-refractivity contribution in [1.82, 2.24) is 4.98 Å². The molecule has 240 valence electrons. The first-order chi connectivity index (χ1) is 21.4. The van der Waals surface area contributed by atoms with Crippen LogP contribution in [0.15, 0.2) is 73.3 Å². The monoisotopic (exact) mass is 612 g/mol. The summed E-state index contributed by atoms with van der Waals surface area (Å²) in [6.45, 7) is 17.9. The molecular weight excluding hydrogens is 564 g/mol. The van der Waals surface area contributed by atoms with Crippen LogP contribution >= 0.6 is 0 Å². The van der Waals surface area contributed by atoms with Crippen molar-refractivity contribution in [2.75, 3.05) is 31.2 Å². The summed E-state index contributed by atoms with van der Waals surface area (Å²) in [6.07, 6.45) is 7.20. The summed E-state index contributed by atoms with van der Waals surface area (Å²) < 4.78 is 18.4. The maximum absolute atomic E-state index is 12.8. The zero-order valence-corrected chi connectivity index (χ0v) is 27.6. The van der Waals surface area contributed by atoms with Gasteiger partial charge >= 0.3 is 5.97 Å². The normalized spacial score (nSPS) is 15.6. The Morgan fingerprint density at radius 1 is 1.07 bits per heavy atom. The lowest BCUT2D eigenvalue weighted by Gasteiger charge is -2.42. The molecule has 0 spiro atoms. The Balaban J connectivity index is 1.66. The standard InChI is InChI=1S/C38H48N2O5/c1-8-25-44-38(7)21-23-40(24-22-38)34-32(27(2)39-28(3)33(34)35(36(41)42)45-37(4,5)6)30-17-19-31(20-18-30)43-26-13-12-16-29-14-10-9-11-15-29/h8-12,14-20,35H,1,13,21-26H2,2-7H3,(H,41,42). The molecule has 0 bridgehead atoms. The molecule has 1 aliphatic heterocycles. The van der Waals surface area contributed by atoms with Gasteiger partial charge in [-0.05, 0) is 84.1 Å². The van der Waals surface area contributed by atoms with Gasteiger partial charge in [0.15, 0.2) is 6.10 Å². The first-order valence-electron chi connectivity index (χ1n) is 15.8. The average Bonchev–Trinajstić information content (AvgIpc) is 2.99. The molecule has 45 heavy (non-hydrogen) atoms. The zero-order chi connectivity index (χ0) is 32.6. The third kappa shape index (κ3) is 9.05. The van der Waals surface area contributed by atoms with Crippen LogP contribution in [0.3, 0.4) is 0 Å². The van der Waals surface area contributed by atoms with Gasteiger partial charge in [0.05, 0.1) is 30.1 Å². The lowest BCUT2D eigenvalue weighted by molar-refractivity contribution is -0.160. The molecule has 7 nitrogen and oxygen atoms in total. The minimum atomic E-state index is -1.18. The van der Waals surface area contributed by atoms with E-state index in [4.69, 9.17) is 19.2 Å². The Hall–Kier alpha value is -3.94. The number of aliphatic carboxylic acids is 1. The van der Waals surface area contributed by atoms with Crippen LogP contribution in [-0.2, 0) is 14.3 Å². The molecule has 1 atom stereocenters. The second-order valence-corrected chi connectivity index (χ2v) is 12.9. The van der Waals surface area contributed by atoms with Crippen LogP contribution in [-0.4, -0.2) is 53.6 Å². The SMILES string of the molecule is C=CCOC1(C)CCN(c2c(-c3ccc(OCCC=Cc4ccccc4)cc3)c(C)nc(C)c2C(OC(C)(C)C)C(=O)O)CC1. The van der Waals surface area contributed by atoms with Crippen molar-refractivity contribution >= 4 is 17.7 Å². The van der Waals surface area contributed by atoms with Crippen LogP contribution in [0, 0.1) is 13.8 Å². The van der Waals surface area contributed by atoms with Crippen molar-refractivity contribution in [3.05, 3.63) is 95.8 Å². The molecule has 2 aromatic carbocycles. The van der Waals surface area contributed by atoms with Crippen molar-refractivity contribution in [3.8, 4) is 16.9 Å². The summed E-state index contributed by atoms with van der Waals surface area (Å²) in [5, 5.41) is 10.4. The van der Waals surface area contributed by atoms with Gasteiger partial charge in [-0.3, -0.25) is 4.98 Å². The average molecular weight is 613 g/mol. The number of hydrogen-bond donors (Lipinski definition) is 1. The smallest absolute Gasteiger partial charge is 0.337 e. The van der Waals surface area contributed by atoms with Crippen LogP contribution in [0.2, 0.25) is 0 Å². The van der Waals surface area contributed by atoms with Gasteiger partial charge in [0.25, 0.3) is 0 Å². The second-order valence-electron chi connectivity index (χ2n) is 12.9. The van der Waals surface area contributed by atoms with Crippen molar-refractivity contribution in [3.63, 3.8) is 0 Å². The summed E-state index contributed by atoms with van der Waals surface area (Å²) in [7, 11) is 0. The first kappa shape index (κ1) is 33.9. The third-order valence-corrected chi connectivity index (χ3v) is 8.03. The highest BCUT2D eigenvalue weighted by Gasteiger charge is 2.37. The summed E-state index contributed by atoms with van der Waals surface area (Å²) in [6, 6.07) is 18.2. The molecular formula is C38H48N2O5. The predicted octanol–water partition coefficient (Wildman–Crippen LogP) is 8.35.